The number of halogens is 1. The average molecular weight is 251 g/mol. The molecule has 0 radical (unpaired) electrons. The fraction of sp³-hybridized carbons (Fsp3) is 0.385. The number of benzene rings is 1. The van der Waals surface area contributed by atoms with Crippen molar-refractivity contribution >= 4 is 22.5 Å². The molecule has 0 unspecified atom stereocenters. The molecule has 4 heteroatoms. The highest BCUT2D eigenvalue weighted by Crippen LogP contribution is 2.25. The first-order valence-electron chi connectivity index (χ1n) is 5.73. The molecule has 0 aliphatic carbocycles. The summed E-state index contributed by atoms with van der Waals surface area (Å²) in [5.74, 6) is 1.56. The van der Waals surface area contributed by atoms with Gasteiger partial charge in [0.25, 0.3) is 0 Å². The lowest BCUT2D eigenvalue weighted by atomic mass is 10.2. The van der Waals surface area contributed by atoms with Crippen LogP contribution in [0.4, 0.5) is 0 Å². The molecule has 2 aromatic rings. The quantitative estimate of drug-likeness (QED) is 0.781. The molecule has 0 N–H and O–H groups in total. The van der Waals surface area contributed by atoms with Gasteiger partial charge in [-0.1, -0.05) is 18.5 Å². The minimum atomic E-state index is 0.141. The molecular formula is C13H15ClN2O. The first kappa shape index (κ1) is 12.1. The number of hydrogen-bond donors (Lipinski definition) is 0. The fourth-order valence-corrected chi connectivity index (χ4v) is 1.87. The van der Waals surface area contributed by atoms with Gasteiger partial charge in [-0.15, -0.1) is 0 Å². The third kappa shape index (κ3) is 2.67. The zero-order chi connectivity index (χ0) is 12.4. The molecule has 0 saturated carbocycles. The predicted octanol–water partition coefficient (Wildman–Crippen LogP) is 3.63. The molecule has 0 spiro atoms. The minimum Gasteiger partial charge on any atom is -0.491 e. The van der Waals surface area contributed by atoms with Crippen LogP contribution in [0.1, 0.15) is 26.6 Å². The Labute approximate surface area is 106 Å². The van der Waals surface area contributed by atoms with E-state index in [2.05, 4.69) is 9.97 Å². The highest BCUT2D eigenvalue weighted by molar-refractivity contribution is 6.34. The Morgan fingerprint density at radius 3 is 2.71 bits per heavy atom. The van der Waals surface area contributed by atoms with E-state index in [4.69, 9.17) is 16.3 Å². The third-order valence-corrected chi connectivity index (χ3v) is 2.64. The van der Waals surface area contributed by atoms with Gasteiger partial charge in [0.1, 0.15) is 16.7 Å². The second-order valence-electron chi connectivity index (χ2n) is 4.13. The number of aromatic nitrogens is 2. The molecule has 1 aromatic heterocycles. The lowest BCUT2D eigenvalue weighted by Crippen LogP contribution is -2.05. The van der Waals surface area contributed by atoms with Crippen LogP contribution in [0.5, 0.6) is 5.75 Å². The number of nitrogens with zero attached hydrogens (tertiary/aromatic N) is 2. The summed E-state index contributed by atoms with van der Waals surface area (Å²) < 4.78 is 5.62. The Kier molecular flexibility index (Phi) is 3.48. The summed E-state index contributed by atoms with van der Waals surface area (Å²) in [4.78, 5) is 8.66. The molecular weight excluding hydrogens is 236 g/mol. The molecule has 0 fully saturated rings. The molecule has 0 atom stereocenters. The maximum atomic E-state index is 6.14. The molecule has 90 valence electrons. The van der Waals surface area contributed by atoms with Crippen LogP contribution in [-0.2, 0) is 6.42 Å². The maximum absolute atomic E-state index is 6.14. The molecule has 1 aromatic carbocycles. The van der Waals surface area contributed by atoms with Gasteiger partial charge in [0.05, 0.1) is 11.6 Å². The van der Waals surface area contributed by atoms with Gasteiger partial charge < -0.3 is 4.74 Å². The number of hydrogen-bond acceptors (Lipinski definition) is 3. The van der Waals surface area contributed by atoms with Crippen LogP contribution in [0, 0.1) is 0 Å². The van der Waals surface area contributed by atoms with Crippen LogP contribution >= 0.6 is 11.6 Å². The van der Waals surface area contributed by atoms with Crippen LogP contribution in [-0.4, -0.2) is 16.1 Å². The molecule has 0 saturated heterocycles. The van der Waals surface area contributed by atoms with E-state index in [9.17, 15) is 0 Å². The molecule has 17 heavy (non-hydrogen) atoms. The summed E-state index contributed by atoms with van der Waals surface area (Å²) >= 11 is 6.14. The molecule has 3 nitrogen and oxygen atoms in total. The van der Waals surface area contributed by atoms with Crippen molar-refractivity contribution in [3.05, 3.63) is 29.2 Å². The molecule has 2 rings (SSSR count). The van der Waals surface area contributed by atoms with Gasteiger partial charge in [0, 0.05) is 11.8 Å². The van der Waals surface area contributed by atoms with Crippen molar-refractivity contribution in [1.82, 2.24) is 9.97 Å². The Hall–Kier alpha value is -1.35. The van der Waals surface area contributed by atoms with Crippen molar-refractivity contribution in [1.29, 1.82) is 0 Å². The van der Waals surface area contributed by atoms with E-state index in [0.717, 1.165) is 28.9 Å². The molecule has 0 aliphatic heterocycles. The van der Waals surface area contributed by atoms with Crippen LogP contribution < -0.4 is 4.74 Å². The summed E-state index contributed by atoms with van der Waals surface area (Å²) in [6, 6.07) is 5.71. The molecule has 1 heterocycles. The second-order valence-corrected chi connectivity index (χ2v) is 4.49. The lowest BCUT2D eigenvalue weighted by Gasteiger charge is -2.10. The van der Waals surface area contributed by atoms with E-state index in [1.54, 1.807) is 0 Å². The summed E-state index contributed by atoms with van der Waals surface area (Å²) in [5, 5.41) is 1.32. The van der Waals surface area contributed by atoms with Crippen LogP contribution in [0.25, 0.3) is 10.9 Å². The van der Waals surface area contributed by atoms with Gasteiger partial charge in [-0.05, 0) is 32.0 Å². The highest BCUT2D eigenvalue weighted by Gasteiger charge is 2.07. The number of fused-ring (bicyclic) bond motifs is 1. The van der Waals surface area contributed by atoms with E-state index in [1.807, 2.05) is 39.0 Å². The van der Waals surface area contributed by atoms with Crippen molar-refractivity contribution in [2.45, 2.75) is 33.3 Å². The minimum absolute atomic E-state index is 0.141. The maximum Gasteiger partial charge on any atom is 0.140 e. The highest BCUT2D eigenvalue weighted by atomic mass is 35.5. The Morgan fingerprint density at radius 2 is 2.06 bits per heavy atom. The van der Waals surface area contributed by atoms with Gasteiger partial charge in [0.2, 0.25) is 0 Å². The number of aryl methyl sites for hydroxylation is 1. The summed E-state index contributed by atoms with van der Waals surface area (Å²) in [5.41, 5.74) is 0.859. The van der Waals surface area contributed by atoms with E-state index in [1.165, 1.54) is 0 Å². The van der Waals surface area contributed by atoms with Gasteiger partial charge in [-0.2, -0.15) is 0 Å². The molecule has 0 amide bonds. The SMILES string of the molecule is CCc1nc(Cl)c2cc(OC(C)C)ccc2n1. The van der Waals surface area contributed by atoms with Crippen LogP contribution in [0.3, 0.4) is 0 Å². The zero-order valence-corrected chi connectivity index (χ0v) is 11.0. The first-order valence-corrected chi connectivity index (χ1v) is 6.10. The van der Waals surface area contributed by atoms with Gasteiger partial charge >= 0.3 is 0 Å². The Morgan fingerprint density at radius 1 is 1.29 bits per heavy atom. The normalized spacial score (nSPS) is 11.1. The first-order chi connectivity index (χ1) is 8.10. The van der Waals surface area contributed by atoms with E-state index < -0.39 is 0 Å². The summed E-state index contributed by atoms with van der Waals surface area (Å²) in [7, 11) is 0. The largest absolute Gasteiger partial charge is 0.491 e. The second kappa shape index (κ2) is 4.88. The van der Waals surface area contributed by atoms with Crippen molar-refractivity contribution in [3.63, 3.8) is 0 Å². The molecule has 0 aliphatic rings. The summed E-state index contributed by atoms with van der Waals surface area (Å²) in [6.45, 7) is 5.98. The van der Waals surface area contributed by atoms with Crippen LogP contribution in [0.15, 0.2) is 18.2 Å². The Balaban J connectivity index is 2.50. The van der Waals surface area contributed by atoms with Gasteiger partial charge in [-0.3, -0.25) is 0 Å². The predicted molar refractivity (Wildman–Crippen MR) is 69.7 cm³/mol. The van der Waals surface area contributed by atoms with Gasteiger partial charge in [0.15, 0.2) is 0 Å². The smallest absolute Gasteiger partial charge is 0.140 e. The Bertz CT molecular complexity index is 540. The topological polar surface area (TPSA) is 35.0 Å². The van der Waals surface area contributed by atoms with Crippen molar-refractivity contribution < 1.29 is 4.74 Å². The van der Waals surface area contributed by atoms with Crippen molar-refractivity contribution in [2.75, 3.05) is 0 Å². The average Bonchev–Trinajstić information content (AvgIpc) is 2.29. The van der Waals surface area contributed by atoms with E-state index >= 15 is 0 Å². The molecule has 0 bridgehead atoms. The van der Waals surface area contributed by atoms with Crippen molar-refractivity contribution in [2.24, 2.45) is 0 Å². The standard InChI is InChI=1S/C13H15ClN2O/c1-4-12-15-11-6-5-9(17-8(2)3)7-10(11)13(14)16-12/h5-8H,4H2,1-3H3. The van der Waals surface area contributed by atoms with E-state index in [-0.39, 0.29) is 6.10 Å². The number of ether oxygens (including phenoxy) is 1. The number of rotatable bonds is 3. The fourth-order valence-electron chi connectivity index (χ4n) is 1.62. The lowest BCUT2D eigenvalue weighted by molar-refractivity contribution is 0.243. The monoisotopic (exact) mass is 250 g/mol. The van der Waals surface area contributed by atoms with Gasteiger partial charge in [-0.25, -0.2) is 9.97 Å². The van der Waals surface area contributed by atoms with Crippen molar-refractivity contribution in [3.8, 4) is 5.75 Å². The zero-order valence-electron chi connectivity index (χ0n) is 10.2. The van der Waals surface area contributed by atoms with E-state index in [0.29, 0.717) is 5.15 Å². The summed E-state index contributed by atoms with van der Waals surface area (Å²) in [6.07, 6.45) is 0.918. The van der Waals surface area contributed by atoms with Crippen LogP contribution in [0.2, 0.25) is 5.15 Å². The third-order valence-electron chi connectivity index (χ3n) is 2.36.